The van der Waals surface area contributed by atoms with E-state index in [1.54, 1.807) is 11.0 Å². The lowest BCUT2D eigenvalue weighted by molar-refractivity contribution is -0.128. The molecular formula is C24H38ClN3O5. The summed E-state index contributed by atoms with van der Waals surface area (Å²) in [7, 11) is 1.31. The minimum atomic E-state index is -0.925. The normalized spacial score (nSPS) is 20.6. The van der Waals surface area contributed by atoms with Crippen LogP contribution in [0.25, 0.3) is 0 Å². The van der Waals surface area contributed by atoms with E-state index < -0.39 is 22.8 Å². The molecular weight excluding hydrogens is 446 g/mol. The fourth-order valence-corrected chi connectivity index (χ4v) is 4.61. The maximum Gasteiger partial charge on any atom is 0.410 e. The number of hydrogen-bond donors (Lipinski definition) is 2. The average Bonchev–Trinajstić information content (AvgIpc) is 2.74. The highest BCUT2D eigenvalue weighted by atomic mass is 35.5. The van der Waals surface area contributed by atoms with Gasteiger partial charge >= 0.3 is 12.2 Å². The van der Waals surface area contributed by atoms with Crippen LogP contribution in [0.4, 0.5) is 9.59 Å². The van der Waals surface area contributed by atoms with Gasteiger partial charge in [-0.25, -0.2) is 9.59 Å². The number of carbonyl (C=O) groups excluding carboxylic acids is 2. The number of hydrogen-bond acceptors (Lipinski definition) is 6. The SMILES string of the molecule is CCCC(OCCNC(=O)OC)(c1cccc(Cl)c1)C1(N)CCCN(C(=O)OC(C)(C)C)C1. The summed E-state index contributed by atoms with van der Waals surface area (Å²) in [6.45, 7) is 8.90. The van der Waals surface area contributed by atoms with Crippen molar-refractivity contribution in [3.8, 4) is 0 Å². The van der Waals surface area contributed by atoms with Gasteiger partial charge in [-0.2, -0.15) is 0 Å². The molecule has 2 atom stereocenters. The summed E-state index contributed by atoms with van der Waals surface area (Å²) in [6.07, 6.45) is 1.86. The Labute approximate surface area is 202 Å². The van der Waals surface area contributed by atoms with Crippen molar-refractivity contribution in [2.45, 2.75) is 70.1 Å². The number of ether oxygens (including phenoxy) is 3. The molecule has 0 aliphatic carbocycles. The molecule has 33 heavy (non-hydrogen) atoms. The molecule has 2 rings (SSSR count). The summed E-state index contributed by atoms with van der Waals surface area (Å²) < 4.78 is 16.8. The zero-order chi connectivity index (χ0) is 24.7. The first-order valence-electron chi connectivity index (χ1n) is 11.4. The molecule has 1 aromatic rings. The molecule has 0 saturated carbocycles. The van der Waals surface area contributed by atoms with E-state index in [0.29, 0.717) is 30.8 Å². The largest absolute Gasteiger partial charge is 0.453 e. The van der Waals surface area contributed by atoms with Crippen LogP contribution in [0.1, 0.15) is 58.9 Å². The Hall–Kier alpha value is -2.03. The van der Waals surface area contributed by atoms with Crippen molar-refractivity contribution in [3.05, 3.63) is 34.9 Å². The van der Waals surface area contributed by atoms with Gasteiger partial charge in [-0.1, -0.05) is 37.1 Å². The molecule has 1 saturated heterocycles. The molecule has 1 heterocycles. The number of likely N-dealkylation sites (tertiary alicyclic amines) is 1. The molecule has 2 unspecified atom stereocenters. The third kappa shape index (κ3) is 6.98. The molecule has 9 heteroatoms. The molecule has 0 aromatic heterocycles. The first-order chi connectivity index (χ1) is 15.5. The highest BCUT2D eigenvalue weighted by Gasteiger charge is 2.53. The predicted molar refractivity (Wildman–Crippen MR) is 128 cm³/mol. The van der Waals surface area contributed by atoms with Crippen molar-refractivity contribution >= 4 is 23.8 Å². The number of carbonyl (C=O) groups is 2. The Bertz CT molecular complexity index is 816. The minimum absolute atomic E-state index is 0.215. The van der Waals surface area contributed by atoms with E-state index in [2.05, 4.69) is 17.0 Å². The first kappa shape index (κ1) is 27.2. The van der Waals surface area contributed by atoms with E-state index in [1.807, 2.05) is 39.0 Å². The Morgan fingerprint density at radius 3 is 2.64 bits per heavy atom. The van der Waals surface area contributed by atoms with Gasteiger partial charge in [0.25, 0.3) is 0 Å². The van der Waals surface area contributed by atoms with Crippen molar-refractivity contribution in [1.82, 2.24) is 10.2 Å². The molecule has 2 amide bonds. The fraction of sp³-hybridized carbons (Fsp3) is 0.667. The van der Waals surface area contributed by atoms with Crippen LogP contribution in [0.5, 0.6) is 0 Å². The van der Waals surface area contributed by atoms with E-state index >= 15 is 0 Å². The lowest BCUT2D eigenvalue weighted by Gasteiger charge is -2.52. The number of methoxy groups -OCH3 is 1. The molecule has 1 aliphatic rings. The number of halogens is 1. The van der Waals surface area contributed by atoms with Gasteiger partial charge < -0.3 is 30.2 Å². The van der Waals surface area contributed by atoms with Crippen molar-refractivity contribution < 1.29 is 23.8 Å². The van der Waals surface area contributed by atoms with E-state index in [9.17, 15) is 9.59 Å². The minimum Gasteiger partial charge on any atom is -0.453 e. The van der Waals surface area contributed by atoms with E-state index in [0.717, 1.165) is 12.0 Å². The number of amides is 2. The van der Waals surface area contributed by atoms with E-state index in [1.165, 1.54) is 7.11 Å². The summed E-state index contributed by atoms with van der Waals surface area (Å²) >= 11 is 6.35. The molecule has 1 fully saturated rings. The summed E-state index contributed by atoms with van der Waals surface area (Å²) in [6, 6.07) is 7.50. The smallest absolute Gasteiger partial charge is 0.410 e. The number of nitrogens with zero attached hydrogens (tertiary/aromatic N) is 1. The standard InChI is InChI=1S/C24H38ClN3O5/c1-6-11-24(18-9-7-10-19(25)16-18,32-15-13-27-20(29)31-5)23(26)12-8-14-28(17-23)21(30)33-22(2,3)4/h7,9-10,16H,6,8,11-15,17,26H2,1-5H3,(H,27,29). The van der Waals surface area contributed by atoms with Gasteiger partial charge in [0.15, 0.2) is 0 Å². The number of nitrogens with two attached hydrogens (primary N) is 1. The van der Waals surface area contributed by atoms with E-state index in [4.69, 9.17) is 26.8 Å². The lowest BCUT2D eigenvalue weighted by atomic mass is 9.68. The second-order valence-electron chi connectivity index (χ2n) is 9.52. The van der Waals surface area contributed by atoms with Gasteiger partial charge in [0.1, 0.15) is 11.2 Å². The van der Waals surface area contributed by atoms with Crippen molar-refractivity contribution in [3.63, 3.8) is 0 Å². The third-order valence-corrected chi connectivity index (χ3v) is 6.01. The third-order valence-electron chi connectivity index (χ3n) is 5.78. The van der Waals surface area contributed by atoms with Crippen molar-refractivity contribution in [2.75, 3.05) is 33.4 Å². The van der Waals surface area contributed by atoms with Gasteiger partial charge in [0, 0.05) is 24.7 Å². The van der Waals surface area contributed by atoms with Crippen molar-refractivity contribution in [2.24, 2.45) is 5.73 Å². The van der Waals surface area contributed by atoms with Crippen LogP contribution in [0.15, 0.2) is 24.3 Å². The average molecular weight is 484 g/mol. The second kappa shape index (κ2) is 11.4. The molecule has 1 aromatic carbocycles. The van der Waals surface area contributed by atoms with Crippen molar-refractivity contribution in [1.29, 1.82) is 0 Å². The Balaban J connectivity index is 2.41. The summed E-state index contributed by atoms with van der Waals surface area (Å²) in [5.41, 5.74) is 5.57. The maximum absolute atomic E-state index is 12.9. The monoisotopic (exact) mass is 483 g/mol. The number of alkyl carbamates (subject to hydrolysis) is 1. The summed E-state index contributed by atoms with van der Waals surface area (Å²) in [5.74, 6) is 0. The van der Waals surface area contributed by atoms with Gasteiger partial charge in [0.05, 0.1) is 19.3 Å². The molecule has 3 N–H and O–H groups in total. The fourth-order valence-electron chi connectivity index (χ4n) is 4.42. The first-order valence-corrected chi connectivity index (χ1v) is 11.8. The maximum atomic E-state index is 12.9. The Kier molecular flexibility index (Phi) is 9.40. The zero-order valence-corrected chi connectivity index (χ0v) is 21.2. The second-order valence-corrected chi connectivity index (χ2v) is 9.95. The van der Waals surface area contributed by atoms with Gasteiger partial charge in [-0.05, 0) is 57.7 Å². The predicted octanol–water partition coefficient (Wildman–Crippen LogP) is 4.44. The lowest BCUT2D eigenvalue weighted by Crippen LogP contribution is -2.68. The Morgan fingerprint density at radius 2 is 2.03 bits per heavy atom. The van der Waals surface area contributed by atoms with Crippen LogP contribution in [-0.2, 0) is 19.8 Å². The number of benzene rings is 1. The van der Waals surface area contributed by atoms with Crippen LogP contribution in [-0.4, -0.2) is 61.6 Å². The molecule has 186 valence electrons. The molecule has 1 aliphatic heterocycles. The van der Waals surface area contributed by atoms with Gasteiger partial charge in [-0.15, -0.1) is 0 Å². The number of piperidine rings is 1. The highest BCUT2D eigenvalue weighted by Crippen LogP contribution is 2.45. The zero-order valence-electron chi connectivity index (χ0n) is 20.4. The molecule has 0 spiro atoms. The highest BCUT2D eigenvalue weighted by molar-refractivity contribution is 6.30. The van der Waals surface area contributed by atoms with Gasteiger partial charge in [0.2, 0.25) is 0 Å². The van der Waals surface area contributed by atoms with Crippen LogP contribution in [0.2, 0.25) is 5.02 Å². The summed E-state index contributed by atoms with van der Waals surface area (Å²) in [4.78, 5) is 26.0. The molecule has 0 bridgehead atoms. The molecule has 8 nitrogen and oxygen atoms in total. The van der Waals surface area contributed by atoms with Crippen LogP contribution < -0.4 is 11.1 Å². The molecule has 0 radical (unpaired) electrons. The number of nitrogens with one attached hydrogen (secondary N) is 1. The van der Waals surface area contributed by atoms with Crippen LogP contribution in [0, 0.1) is 0 Å². The Morgan fingerprint density at radius 1 is 1.30 bits per heavy atom. The van der Waals surface area contributed by atoms with E-state index in [-0.39, 0.29) is 25.8 Å². The quantitative estimate of drug-likeness (QED) is 0.530. The topological polar surface area (TPSA) is 103 Å². The van der Waals surface area contributed by atoms with Crippen LogP contribution >= 0.6 is 11.6 Å². The summed E-state index contributed by atoms with van der Waals surface area (Å²) in [5, 5.41) is 3.22. The van der Waals surface area contributed by atoms with Gasteiger partial charge in [-0.3, -0.25) is 0 Å². The number of rotatable bonds is 8. The van der Waals surface area contributed by atoms with Crippen LogP contribution in [0.3, 0.4) is 0 Å².